The van der Waals surface area contributed by atoms with Crippen molar-refractivity contribution in [2.45, 2.75) is 37.5 Å². The van der Waals surface area contributed by atoms with Crippen LogP contribution in [0.25, 0.3) is 0 Å². The van der Waals surface area contributed by atoms with E-state index in [1.807, 2.05) is 25.0 Å². The summed E-state index contributed by atoms with van der Waals surface area (Å²) in [5.41, 5.74) is 0. The molecule has 1 aromatic rings. The molecule has 1 saturated heterocycles. The van der Waals surface area contributed by atoms with Gasteiger partial charge in [-0.25, -0.2) is 4.98 Å². The quantitative estimate of drug-likeness (QED) is 0.855. The van der Waals surface area contributed by atoms with Gasteiger partial charge < -0.3 is 9.73 Å². The Kier molecular flexibility index (Phi) is 3.70. The molecular weight excluding hydrogens is 208 g/mol. The van der Waals surface area contributed by atoms with Crippen molar-refractivity contribution in [2.75, 3.05) is 12.8 Å². The number of hydrogen-bond donors (Lipinski definition) is 1. The molecule has 3 nitrogen and oxygen atoms in total. The Morgan fingerprint density at radius 2 is 2.60 bits per heavy atom. The molecule has 1 aliphatic heterocycles. The highest BCUT2D eigenvalue weighted by atomic mass is 32.2. The molecule has 0 radical (unpaired) electrons. The van der Waals surface area contributed by atoms with Gasteiger partial charge in [-0.3, -0.25) is 0 Å². The van der Waals surface area contributed by atoms with E-state index in [-0.39, 0.29) is 0 Å². The second kappa shape index (κ2) is 5.03. The first-order valence-electron chi connectivity index (χ1n) is 5.53. The van der Waals surface area contributed by atoms with Crippen LogP contribution in [0.1, 0.15) is 36.7 Å². The van der Waals surface area contributed by atoms with E-state index in [2.05, 4.69) is 17.2 Å². The third-order valence-electron chi connectivity index (χ3n) is 2.78. The molecular formula is C11H18N2OS. The number of rotatable bonds is 4. The summed E-state index contributed by atoms with van der Waals surface area (Å²) in [7, 11) is 1.97. The van der Waals surface area contributed by atoms with Crippen LogP contribution in [0.15, 0.2) is 10.6 Å². The van der Waals surface area contributed by atoms with Crippen molar-refractivity contribution >= 4 is 11.8 Å². The summed E-state index contributed by atoms with van der Waals surface area (Å²) >= 11 is 1.96. The standard InChI is InChI=1S/C11H18N2OS/c1-8(12-2)6-9-7-13-11(14-9)10-4-3-5-15-10/h7-8,10,12H,3-6H2,1-2H3. The van der Waals surface area contributed by atoms with Crippen LogP contribution in [-0.2, 0) is 6.42 Å². The average molecular weight is 226 g/mol. The lowest BCUT2D eigenvalue weighted by Crippen LogP contribution is -2.23. The van der Waals surface area contributed by atoms with Crippen molar-refractivity contribution in [2.24, 2.45) is 0 Å². The van der Waals surface area contributed by atoms with Gasteiger partial charge in [0.05, 0.1) is 11.4 Å². The third-order valence-corrected chi connectivity index (χ3v) is 4.14. The lowest BCUT2D eigenvalue weighted by molar-refractivity contribution is 0.429. The average Bonchev–Trinajstić information content (AvgIpc) is 2.85. The number of likely N-dealkylation sites (N-methyl/N-ethyl adjacent to an activating group) is 1. The zero-order valence-electron chi connectivity index (χ0n) is 9.32. The van der Waals surface area contributed by atoms with Crippen LogP contribution in [0.3, 0.4) is 0 Å². The van der Waals surface area contributed by atoms with Gasteiger partial charge in [-0.1, -0.05) is 0 Å². The molecule has 2 heterocycles. The van der Waals surface area contributed by atoms with Gasteiger partial charge >= 0.3 is 0 Å². The lowest BCUT2D eigenvalue weighted by atomic mass is 10.2. The number of oxazole rings is 1. The Balaban J connectivity index is 1.97. The first kappa shape index (κ1) is 11.0. The van der Waals surface area contributed by atoms with Gasteiger partial charge in [0.15, 0.2) is 0 Å². The van der Waals surface area contributed by atoms with E-state index in [0.29, 0.717) is 11.3 Å². The van der Waals surface area contributed by atoms with Crippen molar-refractivity contribution < 1.29 is 4.42 Å². The van der Waals surface area contributed by atoms with Gasteiger partial charge in [0, 0.05) is 12.5 Å². The Labute approximate surface area is 95.0 Å². The number of hydrogen-bond acceptors (Lipinski definition) is 4. The molecule has 0 amide bonds. The highest BCUT2D eigenvalue weighted by molar-refractivity contribution is 7.99. The van der Waals surface area contributed by atoms with Gasteiger partial charge in [-0.05, 0) is 32.6 Å². The summed E-state index contributed by atoms with van der Waals surface area (Å²) in [6.45, 7) is 2.15. The van der Waals surface area contributed by atoms with E-state index >= 15 is 0 Å². The zero-order chi connectivity index (χ0) is 10.7. The molecule has 2 atom stereocenters. The molecule has 0 aliphatic carbocycles. The summed E-state index contributed by atoms with van der Waals surface area (Å²) in [5, 5.41) is 3.70. The van der Waals surface area contributed by atoms with E-state index in [0.717, 1.165) is 18.1 Å². The molecule has 0 spiro atoms. The van der Waals surface area contributed by atoms with Crippen LogP contribution in [-0.4, -0.2) is 23.8 Å². The van der Waals surface area contributed by atoms with Crippen LogP contribution in [0.5, 0.6) is 0 Å². The minimum atomic E-state index is 0.446. The largest absolute Gasteiger partial charge is 0.444 e. The summed E-state index contributed by atoms with van der Waals surface area (Å²) in [6, 6.07) is 0.446. The zero-order valence-corrected chi connectivity index (χ0v) is 10.1. The van der Waals surface area contributed by atoms with Crippen molar-refractivity contribution in [1.29, 1.82) is 0 Å². The Bertz CT molecular complexity index is 307. The Hall–Kier alpha value is -0.480. The smallest absolute Gasteiger partial charge is 0.207 e. The minimum absolute atomic E-state index is 0.446. The maximum absolute atomic E-state index is 5.77. The number of nitrogens with one attached hydrogen (secondary N) is 1. The van der Waals surface area contributed by atoms with E-state index < -0.39 is 0 Å². The summed E-state index contributed by atoms with van der Waals surface area (Å²) < 4.78 is 5.77. The molecule has 1 aromatic heterocycles. The minimum Gasteiger partial charge on any atom is -0.444 e. The molecule has 0 bridgehead atoms. The Morgan fingerprint density at radius 1 is 1.73 bits per heavy atom. The van der Waals surface area contributed by atoms with E-state index in [1.54, 1.807) is 0 Å². The number of nitrogens with zero attached hydrogens (tertiary/aromatic N) is 1. The first-order valence-corrected chi connectivity index (χ1v) is 6.58. The molecule has 2 rings (SSSR count). The normalized spacial score (nSPS) is 23.2. The fourth-order valence-corrected chi connectivity index (χ4v) is 2.94. The van der Waals surface area contributed by atoms with Crippen molar-refractivity contribution in [3.8, 4) is 0 Å². The molecule has 0 aromatic carbocycles. The molecule has 0 saturated carbocycles. The van der Waals surface area contributed by atoms with Crippen LogP contribution >= 0.6 is 11.8 Å². The molecule has 1 aliphatic rings. The van der Waals surface area contributed by atoms with E-state index in [4.69, 9.17) is 4.42 Å². The molecule has 2 unspecified atom stereocenters. The maximum Gasteiger partial charge on any atom is 0.207 e. The van der Waals surface area contributed by atoms with Crippen LogP contribution < -0.4 is 5.32 Å². The molecule has 1 N–H and O–H groups in total. The van der Waals surface area contributed by atoms with E-state index in [1.165, 1.54) is 18.6 Å². The van der Waals surface area contributed by atoms with Crippen molar-refractivity contribution in [3.05, 3.63) is 17.8 Å². The monoisotopic (exact) mass is 226 g/mol. The summed E-state index contributed by atoms with van der Waals surface area (Å²) in [4.78, 5) is 4.37. The highest BCUT2D eigenvalue weighted by Gasteiger charge is 2.22. The highest BCUT2D eigenvalue weighted by Crippen LogP contribution is 2.39. The topological polar surface area (TPSA) is 38.1 Å². The second-order valence-corrected chi connectivity index (χ2v) is 5.37. The Morgan fingerprint density at radius 3 is 3.27 bits per heavy atom. The fourth-order valence-electron chi connectivity index (χ4n) is 1.74. The second-order valence-electron chi connectivity index (χ2n) is 4.06. The van der Waals surface area contributed by atoms with Gasteiger partial charge in [0.25, 0.3) is 0 Å². The number of thioether (sulfide) groups is 1. The van der Waals surface area contributed by atoms with Gasteiger partial charge in [-0.15, -0.1) is 11.8 Å². The van der Waals surface area contributed by atoms with E-state index in [9.17, 15) is 0 Å². The molecule has 15 heavy (non-hydrogen) atoms. The van der Waals surface area contributed by atoms with Crippen LogP contribution in [0.2, 0.25) is 0 Å². The predicted octanol–water partition coefficient (Wildman–Crippen LogP) is 2.39. The third kappa shape index (κ3) is 2.75. The SMILES string of the molecule is CNC(C)Cc1cnc(C2CCCS2)o1. The number of aromatic nitrogens is 1. The van der Waals surface area contributed by atoms with Gasteiger partial charge in [0.1, 0.15) is 5.76 Å². The maximum atomic E-state index is 5.77. The lowest BCUT2D eigenvalue weighted by Gasteiger charge is -2.06. The molecule has 84 valence electrons. The van der Waals surface area contributed by atoms with Gasteiger partial charge in [0.2, 0.25) is 5.89 Å². The van der Waals surface area contributed by atoms with Crippen LogP contribution in [0.4, 0.5) is 0 Å². The van der Waals surface area contributed by atoms with Crippen molar-refractivity contribution in [3.63, 3.8) is 0 Å². The van der Waals surface area contributed by atoms with Crippen LogP contribution in [0, 0.1) is 0 Å². The summed E-state index contributed by atoms with van der Waals surface area (Å²) in [5.74, 6) is 3.17. The molecule has 1 fully saturated rings. The first-order chi connectivity index (χ1) is 7.29. The predicted molar refractivity (Wildman–Crippen MR) is 63.2 cm³/mol. The molecule has 4 heteroatoms. The fraction of sp³-hybridized carbons (Fsp3) is 0.727. The van der Waals surface area contributed by atoms with Crippen molar-refractivity contribution in [1.82, 2.24) is 10.3 Å². The van der Waals surface area contributed by atoms with Gasteiger partial charge in [-0.2, -0.15) is 0 Å². The summed E-state index contributed by atoms with van der Waals surface area (Å²) in [6.07, 6.45) is 5.30.